The van der Waals surface area contributed by atoms with Crippen LogP contribution in [-0.4, -0.2) is 40.2 Å². The van der Waals surface area contributed by atoms with Gasteiger partial charge in [0.05, 0.1) is 24.8 Å². The molecule has 1 amide bonds. The monoisotopic (exact) mass is 321 g/mol. The highest BCUT2D eigenvalue weighted by atomic mass is 32.1. The molecule has 22 heavy (non-hydrogen) atoms. The number of aliphatic hydroxyl groups excluding tert-OH is 1. The summed E-state index contributed by atoms with van der Waals surface area (Å²) in [6.45, 7) is 3.96. The summed E-state index contributed by atoms with van der Waals surface area (Å²) in [7, 11) is 0. The number of nitrogens with zero attached hydrogens (tertiary/aromatic N) is 2. The number of carbonyl (C=O) groups excluding carboxylic acids is 1. The first-order chi connectivity index (χ1) is 10.6. The topological polar surface area (TPSA) is 84.3 Å². The third kappa shape index (κ3) is 4.25. The van der Waals surface area contributed by atoms with E-state index in [1.807, 2.05) is 13.8 Å². The van der Waals surface area contributed by atoms with Crippen LogP contribution in [0.15, 0.2) is 23.8 Å². The molecule has 0 fully saturated rings. The van der Waals surface area contributed by atoms with Crippen molar-refractivity contribution in [1.82, 2.24) is 15.3 Å². The minimum absolute atomic E-state index is 0.146. The van der Waals surface area contributed by atoms with Crippen LogP contribution < -0.4 is 10.1 Å². The van der Waals surface area contributed by atoms with Gasteiger partial charge >= 0.3 is 0 Å². The van der Waals surface area contributed by atoms with Crippen molar-refractivity contribution in [3.8, 4) is 5.88 Å². The van der Waals surface area contributed by atoms with Crippen molar-refractivity contribution in [2.24, 2.45) is 0 Å². The number of aromatic nitrogens is 2. The van der Waals surface area contributed by atoms with Crippen molar-refractivity contribution in [1.29, 1.82) is 0 Å². The summed E-state index contributed by atoms with van der Waals surface area (Å²) in [5, 5.41) is 12.3. The molecule has 2 heterocycles. The van der Waals surface area contributed by atoms with Gasteiger partial charge in [-0.1, -0.05) is 0 Å². The Balaban J connectivity index is 2.10. The normalized spacial score (nSPS) is 12.0. The second-order valence-electron chi connectivity index (χ2n) is 4.76. The van der Waals surface area contributed by atoms with Crippen LogP contribution >= 0.6 is 11.3 Å². The van der Waals surface area contributed by atoms with Gasteiger partial charge in [-0.2, -0.15) is 0 Å². The zero-order valence-corrected chi connectivity index (χ0v) is 13.4. The maximum absolute atomic E-state index is 12.4. The second-order valence-corrected chi connectivity index (χ2v) is 5.73. The molecule has 0 saturated carbocycles. The summed E-state index contributed by atoms with van der Waals surface area (Å²) in [6, 6.07) is 3.07. The van der Waals surface area contributed by atoms with Crippen LogP contribution in [-0.2, 0) is 6.42 Å². The predicted molar refractivity (Wildman–Crippen MR) is 84.3 cm³/mol. The Morgan fingerprint density at radius 1 is 1.50 bits per heavy atom. The largest absolute Gasteiger partial charge is 0.477 e. The van der Waals surface area contributed by atoms with Crippen LogP contribution in [0.2, 0.25) is 0 Å². The molecule has 2 aromatic rings. The Morgan fingerprint density at radius 3 is 2.95 bits per heavy atom. The van der Waals surface area contributed by atoms with Crippen LogP contribution in [0.25, 0.3) is 0 Å². The van der Waals surface area contributed by atoms with Crippen LogP contribution in [0, 0.1) is 6.92 Å². The number of aliphatic hydroxyl groups is 1. The lowest BCUT2D eigenvalue weighted by atomic mass is 10.1. The molecule has 1 atom stereocenters. The van der Waals surface area contributed by atoms with E-state index in [9.17, 15) is 9.90 Å². The first kappa shape index (κ1) is 16.4. The molecular weight excluding hydrogens is 302 g/mol. The SMILES string of the molecule is CCOc1nc(C)ccc1C(=O)NC(CO)Cc1cncs1. The molecule has 1 unspecified atom stereocenters. The maximum Gasteiger partial charge on any atom is 0.257 e. The zero-order valence-electron chi connectivity index (χ0n) is 12.6. The number of aryl methyl sites for hydroxylation is 1. The van der Waals surface area contributed by atoms with Crippen molar-refractivity contribution in [3.63, 3.8) is 0 Å². The summed E-state index contributed by atoms with van der Waals surface area (Å²) >= 11 is 1.49. The van der Waals surface area contributed by atoms with Gasteiger partial charge in [-0.15, -0.1) is 11.3 Å². The molecule has 0 spiro atoms. The molecule has 0 radical (unpaired) electrons. The number of amides is 1. The number of ether oxygens (including phenoxy) is 1. The number of carbonyl (C=O) groups is 1. The van der Waals surface area contributed by atoms with E-state index in [-0.39, 0.29) is 18.6 Å². The molecule has 0 aromatic carbocycles. The van der Waals surface area contributed by atoms with E-state index in [2.05, 4.69) is 15.3 Å². The van der Waals surface area contributed by atoms with Crippen LogP contribution in [0.4, 0.5) is 0 Å². The number of nitrogens with one attached hydrogen (secondary N) is 1. The zero-order chi connectivity index (χ0) is 15.9. The van der Waals surface area contributed by atoms with Gasteiger partial charge in [0, 0.05) is 23.2 Å². The Morgan fingerprint density at radius 2 is 2.32 bits per heavy atom. The van der Waals surface area contributed by atoms with Crippen molar-refractivity contribution in [2.45, 2.75) is 26.3 Å². The number of hydrogen-bond donors (Lipinski definition) is 2. The van der Waals surface area contributed by atoms with Crippen molar-refractivity contribution in [3.05, 3.63) is 40.0 Å². The lowest BCUT2D eigenvalue weighted by Gasteiger charge is -2.16. The summed E-state index contributed by atoms with van der Waals surface area (Å²) in [5.74, 6) is 0.00833. The van der Waals surface area contributed by atoms with E-state index in [1.165, 1.54) is 11.3 Å². The predicted octanol–water partition coefficient (Wildman–Crippen LogP) is 1.58. The average Bonchev–Trinajstić information content (AvgIpc) is 3.00. The van der Waals surface area contributed by atoms with Crippen molar-refractivity contribution >= 4 is 17.2 Å². The third-order valence-corrected chi connectivity index (χ3v) is 3.81. The molecule has 7 heteroatoms. The number of pyridine rings is 1. The standard InChI is InChI=1S/C15H19N3O3S/c1-3-21-15-13(5-4-10(2)17-15)14(20)18-11(8-19)6-12-7-16-9-22-12/h4-5,7,9,11,19H,3,6,8H2,1-2H3,(H,18,20). The number of thiazole rings is 1. The molecule has 0 saturated heterocycles. The minimum Gasteiger partial charge on any atom is -0.477 e. The summed E-state index contributed by atoms with van der Waals surface area (Å²) in [6.07, 6.45) is 2.27. The average molecular weight is 321 g/mol. The van der Waals surface area contributed by atoms with Crippen LogP contribution in [0.3, 0.4) is 0 Å². The van der Waals surface area contributed by atoms with Gasteiger partial charge in [0.1, 0.15) is 5.56 Å². The van der Waals surface area contributed by atoms with E-state index < -0.39 is 0 Å². The molecule has 2 aromatic heterocycles. The highest BCUT2D eigenvalue weighted by molar-refractivity contribution is 7.09. The molecule has 0 aliphatic heterocycles. The van der Waals surface area contributed by atoms with Gasteiger partial charge in [-0.25, -0.2) is 4.98 Å². The first-order valence-electron chi connectivity index (χ1n) is 7.03. The summed E-state index contributed by atoms with van der Waals surface area (Å²) in [4.78, 5) is 21.6. The maximum atomic E-state index is 12.4. The van der Waals surface area contributed by atoms with E-state index in [0.29, 0.717) is 24.5 Å². The quantitative estimate of drug-likeness (QED) is 0.809. The van der Waals surface area contributed by atoms with Crippen molar-refractivity contribution in [2.75, 3.05) is 13.2 Å². The Labute approximate surface area is 133 Å². The lowest BCUT2D eigenvalue weighted by molar-refractivity contribution is 0.0912. The Kier molecular flexibility index (Phi) is 5.85. The van der Waals surface area contributed by atoms with E-state index in [1.54, 1.807) is 23.8 Å². The van der Waals surface area contributed by atoms with E-state index in [0.717, 1.165) is 10.6 Å². The highest BCUT2D eigenvalue weighted by Crippen LogP contribution is 2.17. The summed E-state index contributed by atoms with van der Waals surface area (Å²) < 4.78 is 5.42. The molecule has 2 N–H and O–H groups in total. The fourth-order valence-corrected chi connectivity index (χ4v) is 2.64. The summed E-state index contributed by atoms with van der Waals surface area (Å²) in [5.41, 5.74) is 2.88. The van der Waals surface area contributed by atoms with Gasteiger partial charge < -0.3 is 15.2 Å². The van der Waals surface area contributed by atoms with Crippen LogP contribution in [0.5, 0.6) is 5.88 Å². The van der Waals surface area contributed by atoms with Gasteiger partial charge in [0.15, 0.2) is 0 Å². The first-order valence-corrected chi connectivity index (χ1v) is 7.91. The third-order valence-electron chi connectivity index (χ3n) is 3.01. The number of rotatable bonds is 7. The van der Waals surface area contributed by atoms with Gasteiger partial charge in [-0.05, 0) is 26.0 Å². The van der Waals surface area contributed by atoms with Crippen LogP contribution in [0.1, 0.15) is 27.9 Å². The molecule has 2 rings (SSSR count). The molecule has 0 bridgehead atoms. The van der Waals surface area contributed by atoms with E-state index >= 15 is 0 Å². The van der Waals surface area contributed by atoms with E-state index in [4.69, 9.17) is 4.74 Å². The molecule has 6 nitrogen and oxygen atoms in total. The fourth-order valence-electron chi connectivity index (χ4n) is 1.96. The smallest absolute Gasteiger partial charge is 0.257 e. The lowest BCUT2D eigenvalue weighted by Crippen LogP contribution is -2.39. The van der Waals surface area contributed by atoms with Gasteiger partial charge in [-0.3, -0.25) is 9.78 Å². The Bertz CT molecular complexity index is 617. The highest BCUT2D eigenvalue weighted by Gasteiger charge is 2.18. The fraction of sp³-hybridized carbons (Fsp3) is 0.400. The second kappa shape index (κ2) is 7.86. The van der Waals surface area contributed by atoms with Gasteiger partial charge in [0.2, 0.25) is 5.88 Å². The van der Waals surface area contributed by atoms with Crippen molar-refractivity contribution < 1.29 is 14.6 Å². The number of hydrogen-bond acceptors (Lipinski definition) is 6. The minimum atomic E-state index is -0.372. The molecular formula is C15H19N3O3S. The molecule has 0 aliphatic rings. The molecule has 0 aliphatic carbocycles. The molecule has 118 valence electrons. The Hall–Kier alpha value is -1.99. The van der Waals surface area contributed by atoms with Gasteiger partial charge in [0.25, 0.3) is 5.91 Å².